The molecule has 18 heavy (non-hydrogen) atoms. The maximum Gasteiger partial charge on any atom is 0.334 e. The number of carbonyl (C=O) groups excluding carboxylic acids is 2. The molecule has 2 aliphatic carbocycles. The standard InChI is InChI=1S/C15H18O3/c1-8-4-5-10-9(2)14(17)18-13(10)15(3)11(8)6-7-12(15)16/h6-8,10-11,13H,2,4-5H2,1,3H3/t8-,10-,11+,13+,15-/m0/s1. The van der Waals surface area contributed by atoms with Crippen LogP contribution in [-0.2, 0) is 14.3 Å². The van der Waals surface area contributed by atoms with E-state index in [0.29, 0.717) is 11.5 Å². The lowest BCUT2D eigenvalue weighted by atomic mass is 9.68. The second-order valence-electron chi connectivity index (χ2n) is 6.04. The monoisotopic (exact) mass is 246 g/mol. The van der Waals surface area contributed by atoms with E-state index >= 15 is 0 Å². The van der Waals surface area contributed by atoms with Gasteiger partial charge in [-0.05, 0) is 37.7 Å². The molecular weight excluding hydrogens is 228 g/mol. The van der Waals surface area contributed by atoms with Gasteiger partial charge in [-0.15, -0.1) is 0 Å². The third-order valence-corrected chi connectivity index (χ3v) is 5.12. The third kappa shape index (κ3) is 1.25. The van der Waals surface area contributed by atoms with E-state index in [9.17, 15) is 9.59 Å². The van der Waals surface area contributed by atoms with Gasteiger partial charge >= 0.3 is 5.97 Å². The van der Waals surface area contributed by atoms with Crippen LogP contribution in [0.2, 0.25) is 0 Å². The van der Waals surface area contributed by atoms with Crippen molar-refractivity contribution in [2.24, 2.45) is 23.2 Å². The molecule has 0 N–H and O–H groups in total. The fraction of sp³-hybridized carbons (Fsp3) is 0.600. The maximum atomic E-state index is 12.3. The minimum absolute atomic E-state index is 0.0128. The largest absolute Gasteiger partial charge is 0.457 e. The predicted octanol–water partition coefficient (Wildman–Crippen LogP) is 2.28. The molecule has 3 heteroatoms. The van der Waals surface area contributed by atoms with Crippen LogP contribution in [0, 0.1) is 23.2 Å². The molecule has 3 aliphatic rings. The van der Waals surface area contributed by atoms with Crippen molar-refractivity contribution < 1.29 is 14.3 Å². The Kier molecular flexibility index (Phi) is 2.31. The van der Waals surface area contributed by atoms with Crippen molar-refractivity contribution in [3.8, 4) is 0 Å². The molecule has 0 aromatic heterocycles. The zero-order valence-electron chi connectivity index (χ0n) is 10.8. The molecule has 0 aromatic rings. The smallest absolute Gasteiger partial charge is 0.334 e. The summed E-state index contributed by atoms with van der Waals surface area (Å²) in [6.45, 7) is 7.98. The van der Waals surface area contributed by atoms with Gasteiger partial charge in [-0.2, -0.15) is 0 Å². The summed E-state index contributed by atoms with van der Waals surface area (Å²) in [6, 6.07) is 0. The molecule has 0 aromatic carbocycles. The Morgan fingerprint density at radius 1 is 1.39 bits per heavy atom. The van der Waals surface area contributed by atoms with Gasteiger partial charge in [0.05, 0.1) is 5.41 Å². The third-order valence-electron chi connectivity index (χ3n) is 5.12. The van der Waals surface area contributed by atoms with Gasteiger partial charge < -0.3 is 4.74 Å². The normalized spacial score (nSPS) is 46.7. The summed E-state index contributed by atoms with van der Waals surface area (Å²) in [5, 5.41) is 0. The van der Waals surface area contributed by atoms with E-state index in [0.717, 1.165) is 12.8 Å². The van der Waals surface area contributed by atoms with Crippen molar-refractivity contribution >= 4 is 11.8 Å². The second kappa shape index (κ2) is 3.56. The quantitative estimate of drug-likeness (QED) is 0.486. The van der Waals surface area contributed by atoms with Gasteiger partial charge in [0, 0.05) is 11.5 Å². The lowest BCUT2D eigenvalue weighted by Gasteiger charge is -2.36. The van der Waals surface area contributed by atoms with E-state index in [1.165, 1.54) is 0 Å². The van der Waals surface area contributed by atoms with Crippen LogP contribution >= 0.6 is 0 Å². The molecule has 3 rings (SSSR count). The lowest BCUT2D eigenvalue weighted by molar-refractivity contribution is -0.150. The zero-order valence-corrected chi connectivity index (χ0v) is 10.8. The Morgan fingerprint density at radius 2 is 2.11 bits per heavy atom. The van der Waals surface area contributed by atoms with Gasteiger partial charge in [0.15, 0.2) is 5.78 Å². The molecule has 1 saturated heterocycles. The summed E-state index contributed by atoms with van der Waals surface area (Å²) in [5.41, 5.74) is -0.0378. The predicted molar refractivity (Wildman–Crippen MR) is 66.7 cm³/mol. The first-order chi connectivity index (χ1) is 8.46. The van der Waals surface area contributed by atoms with Crippen LogP contribution in [0.1, 0.15) is 26.7 Å². The summed E-state index contributed by atoms with van der Waals surface area (Å²) < 4.78 is 5.49. The second-order valence-corrected chi connectivity index (χ2v) is 6.04. The highest BCUT2D eigenvalue weighted by atomic mass is 16.6. The Bertz CT molecular complexity index is 476. The van der Waals surface area contributed by atoms with Crippen molar-refractivity contribution in [3.05, 3.63) is 24.3 Å². The molecule has 0 radical (unpaired) electrons. The number of carbonyl (C=O) groups is 2. The molecule has 5 atom stereocenters. The Hall–Kier alpha value is -1.38. The molecule has 2 fully saturated rings. The highest BCUT2D eigenvalue weighted by Crippen LogP contribution is 2.54. The summed E-state index contributed by atoms with van der Waals surface area (Å²) in [7, 11) is 0. The number of allylic oxidation sites excluding steroid dienone is 2. The van der Waals surface area contributed by atoms with E-state index < -0.39 is 5.41 Å². The number of fused-ring (bicyclic) bond motifs is 3. The Balaban J connectivity index is 2.08. The summed E-state index contributed by atoms with van der Waals surface area (Å²) in [5.74, 6) is 0.408. The minimum Gasteiger partial charge on any atom is -0.457 e. The number of hydrogen-bond donors (Lipinski definition) is 0. The fourth-order valence-corrected chi connectivity index (χ4v) is 3.94. The number of ether oxygens (including phenoxy) is 1. The van der Waals surface area contributed by atoms with Crippen LogP contribution in [0.25, 0.3) is 0 Å². The van der Waals surface area contributed by atoms with Crippen LogP contribution in [0.5, 0.6) is 0 Å². The molecule has 96 valence electrons. The molecule has 0 bridgehead atoms. The average molecular weight is 246 g/mol. The van der Waals surface area contributed by atoms with Crippen molar-refractivity contribution in [1.82, 2.24) is 0 Å². The first-order valence-electron chi connectivity index (χ1n) is 6.58. The SMILES string of the molecule is C=C1C(=O)O[C@@H]2[C@H]1CC[C@H](C)[C@H]1C=CC(=O)[C@]12C. The topological polar surface area (TPSA) is 43.4 Å². The van der Waals surface area contributed by atoms with Crippen LogP contribution in [0.4, 0.5) is 0 Å². The van der Waals surface area contributed by atoms with Crippen LogP contribution in [-0.4, -0.2) is 17.9 Å². The molecule has 1 aliphatic heterocycles. The van der Waals surface area contributed by atoms with Crippen molar-refractivity contribution in [1.29, 1.82) is 0 Å². The van der Waals surface area contributed by atoms with E-state index in [1.807, 2.05) is 13.0 Å². The number of rotatable bonds is 0. The van der Waals surface area contributed by atoms with Gasteiger partial charge in [-0.25, -0.2) is 4.79 Å². The first-order valence-corrected chi connectivity index (χ1v) is 6.58. The molecule has 0 spiro atoms. The van der Waals surface area contributed by atoms with Crippen LogP contribution < -0.4 is 0 Å². The Morgan fingerprint density at radius 3 is 2.83 bits per heavy atom. The van der Waals surface area contributed by atoms with E-state index in [4.69, 9.17) is 4.74 Å². The van der Waals surface area contributed by atoms with E-state index in [-0.39, 0.29) is 29.7 Å². The molecule has 1 saturated carbocycles. The number of hydrogen-bond acceptors (Lipinski definition) is 3. The molecule has 1 heterocycles. The van der Waals surface area contributed by atoms with Gasteiger partial charge in [0.1, 0.15) is 6.10 Å². The zero-order chi connectivity index (χ0) is 13.1. The highest BCUT2D eigenvalue weighted by Gasteiger charge is 2.59. The molecule has 0 unspecified atom stereocenters. The van der Waals surface area contributed by atoms with Gasteiger partial charge in [-0.1, -0.05) is 19.6 Å². The van der Waals surface area contributed by atoms with Crippen molar-refractivity contribution in [3.63, 3.8) is 0 Å². The van der Waals surface area contributed by atoms with Crippen molar-refractivity contribution in [2.45, 2.75) is 32.8 Å². The number of esters is 1. The van der Waals surface area contributed by atoms with Gasteiger partial charge in [-0.3, -0.25) is 4.79 Å². The van der Waals surface area contributed by atoms with E-state index in [1.54, 1.807) is 6.08 Å². The Labute approximate surface area is 107 Å². The molecule has 0 amide bonds. The van der Waals surface area contributed by atoms with Crippen molar-refractivity contribution in [2.75, 3.05) is 0 Å². The summed E-state index contributed by atoms with van der Waals surface area (Å²) >= 11 is 0. The van der Waals surface area contributed by atoms with Gasteiger partial charge in [0.2, 0.25) is 0 Å². The molecular formula is C15H18O3. The van der Waals surface area contributed by atoms with Crippen LogP contribution in [0.3, 0.4) is 0 Å². The maximum absolute atomic E-state index is 12.3. The number of ketones is 1. The highest BCUT2D eigenvalue weighted by molar-refractivity contribution is 6.00. The first kappa shape index (κ1) is 11.7. The minimum atomic E-state index is -0.588. The average Bonchev–Trinajstić information content (AvgIpc) is 2.75. The lowest BCUT2D eigenvalue weighted by Crippen LogP contribution is -2.45. The van der Waals surface area contributed by atoms with Gasteiger partial charge in [0.25, 0.3) is 0 Å². The van der Waals surface area contributed by atoms with Crippen LogP contribution in [0.15, 0.2) is 24.3 Å². The fourth-order valence-electron chi connectivity index (χ4n) is 3.94. The summed E-state index contributed by atoms with van der Waals surface area (Å²) in [6.07, 6.45) is 5.25. The van der Waals surface area contributed by atoms with E-state index in [2.05, 4.69) is 13.5 Å². The summed E-state index contributed by atoms with van der Waals surface area (Å²) in [4.78, 5) is 24.0. The molecule has 3 nitrogen and oxygen atoms in total.